The average molecular weight is 239 g/mol. The van der Waals surface area contributed by atoms with Gasteiger partial charge in [0.2, 0.25) is 0 Å². The van der Waals surface area contributed by atoms with Gasteiger partial charge < -0.3 is 5.73 Å². The van der Waals surface area contributed by atoms with Crippen LogP contribution in [0.1, 0.15) is 0 Å². The molecule has 0 saturated heterocycles. The van der Waals surface area contributed by atoms with Crippen molar-refractivity contribution in [1.29, 1.82) is 0 Å². The average Bonchev–Trinajstić information content (AvgIpc) is 2.26. The number of aromatic nitrogens is 3. The van der Waals surface area contributed by atoms with E-state index in [9.17, 15) is 0 Å². The van der Waals surface area contributed by atoms with Crippen LogP contribution in [0.4, 0.5) is 5.82 Å². The van der Waals surface area contributed by atoms with Crippen molar-refractivity contribution in [1.82, 2.24) is 15.0 Å². The molecular weight excluding hydrogens is 232 g/mol. The third kappa shape index (κ3) is 2.37. The van der Waals surface area contributed by atoms with Crippen LogP contribution in [-0.2, 0) is 0 Å². The van der Waals surface area contributed by atoms with Gasteiger partial charge in [0.25, 0.3) is 0 Å². The molecule has 4 nitrogen and oxygen atoms in total. The van der Waals surface area contributed by atoms with Crippen molar-refractivity contribution in [2.75, 3.05) is 5.73 Å². The molecule has 15 heavy (non-hydrogen) atoms. The highest BCUT2D eigenvalue weighted by Crippen LogP contribution is 2.33. The van der Waals surface area contributed by atoms with Crippen LogP contribution in [0, 0.1) is 0 Å². The van der Waals surface area contributed by atoms with E-state index in [1.165, 1.54) is 11.8 Å². The summed E-state index contributed by atoms with van der Waals surface area (Å²) >= 11 is 7.39. The summed E-state index contributed by atoms with van der Waals surface area (Å²) in [5.41, 5.74) is 5.58. The molecular formula is C9H7ClN4S. The Balaban J connectivity index is 2.29. The minimum atomic E-state index is 0.325. The van der Waals surface area contributed by atoms with Crippen LogP contribution in [0.25, 0.3) is 0 Å². The molecule has 6 heteroatoms. The lowest BCUT2D eigenvalue weighted by atomic mass is 10.5. The van der Waals surface area contributed by atoms with Crippen molar-refractivity contribution in [3.63, 3.8) is 0 Å². The Morgan fingerprint density at radius 3 is 2.80 bits per heavy atom. The van der Waals surface area contributed by atoms with Crippen molar-refractivity contribution in [3.05, 3.63) is 35.9 Å². The number of anilines is 1. The van der Waals surface area contributed by atoms with Crippen LogP contribution in [-0.4, -0.2) is 15.0 Å². The molecule has 76 valence electrons. The molecule has 0 atom stereocenters. The lowest BCUT2D eigenvalue weighted by Gasteiger charge is -2.03. The number of nitrogens with two attached hydrogens (primary N) is 1. The van der Waals surface area contributed by atoms with Crippen molar-refractivity contribution in [3.8, 4) is 0 Å². The molecule has 0 spiro atoms. The molecule has 0 radical (unpaired) electrons. The number of halogens is 1. The van der Waals surface area contributed by atoms with Crippen molar-refractivity contribution < 1.29 is 0 Å². The summed E-state index contributed by atoms with van der Waals surface area (Å²) < 4.78 is 0. The fourth-order valence-electron chi connectivity index (χ4n) is 0.971. The van der Waals surface area contributed by atoms with Crippen molar-refractivity contribution >= 4 is 29.2 Å². The highest BCUT2D eigenvalue weighted by Gasteiger charge is 2.06. The Kier molecular flexibility index (Phi) is 3.03. The summed E-state index contributed by atoms with van der Waals surface area (Å²) in [6, 6.07) is 1.79. The molecule has 0 amide bonds. The van der Waals surface area contributed by atoms with Crippen molar-refractivity contribution in [2.24, 2.45) is 0 Å². The van der Waals surface area contributed by atoms with Gasteiger partial charge in [-0.3, -0.25) is 4.98 Å². The maximum absolute atomic E-state index is 5.99. The Morgan fingerprint density at radius 1 is 1.20 bits per heavy atom. The van der Waals surface area contributed by atoms with E-state index in [0.717, 1.165) is 9.92 Å². The number of hydrogen-bond acceptors (Lipinski definition) is 5. The zero-order valence-corrected chi connectivity index (χ0v) is 9.16. The minimum absolute atomic E-state index is 0.325. The molecule has 0 unspecified atom stereocenters. The fourth-order valence-corrected chi connectivity index (χ4v) is 1.97. The molecule has 0 aliphatic heterocycles. The molecule has 0 fully saturated rings. The zero-order chi connectivity index (χ0) is 10.7. The predicted molar refractivity (Wildman–Crippen MR) is 59.8 cm³/mol. The monoisotopic (exact) mass is 238 g/mol. The Bertz CT molecular complexity index is 463. The molecule has 0 saturated carbocycles. The van der Waals surface area contributed by atoms with E-state index < -0.39 is 0 Å². The second-order valence-electron chi connectivity index (χ2n) is 2.65. The largest absolute Gasteiger partial charge is 0.382 e. The minimum Gasteiger partial charge on any atom is -0.382 e. The maximum atomic E-state index is 5.99. The highest BCUT2D eigenvalue weighted by atomic mass is 35.5. The van der Waals surface area contributed by atoms with Crippen LogP contribution in [0.5, 0.6) is 0 Å². The first-order valence-corrected chi connectivity index (χ1v) is 5.30. The normalized spacial score (nSPS) is 10.2. The Morgan fingerprint density at radius 2 is 2.07 bits per heavy atom. The van der Waals surface area contributed by atoms with Crippen LogP contribution >= 0.6 is 23.4 Å². The fraction of sp³-hybridized carbons (Fsp3) is 0. The summed E-state index contributed by atoms with van der Waals surface area (Å²) in [7, 11) is 0. The smallest absolute Gasteiger partial charge is 0.143 e. The molecule has 0 aromatic carbocycles. The van der Waals surface area contributed by atoms with E-state index in [1.54, 1.807) is 30.9 Å². The van der Waals surface area contributed by atoms with Gasteiger partial charge in [-0.25, -0.2) is 9.97 Å². The van der Waals surface area contributed by atoms with Crippen LogP contribution in [0.15, 0.2) is 40.8 Å². The van der Waals surface area contributed by atoms with Crippen LogP contribution in [0.2, 0.25) is 5.02 Å². The number of rotatable bonds is 2. The van der Waals surface area contributed by atoms with Gasteiger partial charge in [0.1, 0.15) is 10.8 Å². The predicted octanol–water partition coefficient (Wildman–Crippen LogP) is 2.26. The van der Waals surface area contributed by atoms with E-state index in [2.05, 4.69) is 15.0 Å². The van der Waals surface area contributed by atoms with E-state index in [0.29, 0.717) is 10.8 Å². The van der Waals surface area contributed by atoms with Crippen LogP contribution < -0.4 is 5.73 Å². The lowest BCUT2D eigenvalue weighted by molar-refractivity contribution is 1.05. The van der Waals surface area contributed by atoms with Crippen LogP contribution in [0.3, 0.4) is 0 Å². The second kappa shape index (κ2) is 4.46. The summed E-state index contributed by atoms with van der Waals surface area (Å²) in [6.07, 6.45) is 6.52. The van der Waals surface area contributed by atoms with Gasteiger partial charge in [-0.05, 0) is 6.07 Å². The molecule has 0 aliphatic rings. The van der Waals surface area contributed by atoms with Gasteiger partial charge in [0.05, 0.1) is 11.2 Å². The van der Waals surface area contributed by atoms with E-state index in [1.807, 2.05) is 0 Å². The van der Waals surface area contributed by atoms with Gasteiger partial charge in [0.15, 0.2) is 0 Å². The molecule has 2 aromatic rings. The van der Waals surface area contributed by atoms with Gasteiger partial charge in [-0.15, -0.1) is 0 Å². The van der Waals surface area contributed by atoms with E-state index in [4.69, 9.17) is 17.3 Å². The zero-order valence-electron chi connectivity index (χ0n) is 7.59. The summed E-state index contributed by atoms with van der Waals surface area (Å²) in [6.45, 7) is 0. The SMILES string of the molecule is Nc1nccc(Sc2cnccn2)c1Cl. The molecule has 2 aromatic heterocycles. The topological polar surface area (TPSA) is 64.7 Å². The maximum Gasteiger partial charge on any atom is 0.143 e. The second-order valence-corrected chi connectivity index (χ2v) is 4.09. The number of pyridine rings is 1. The highest BCUT2D eigenvalue weighted by molar-refractivity contribution is 7.99. The lowest BCUT2D eigenvalue weighted by Crippen LogP contribution is -1.91. The summed E-state index contributed by atoms with van der Waals surface area (Å²) in [4.78, 5) is 12.8. The quantitative estimate of drug-likeness (QED) is 0.870. The van der Waals surface area contributed by atoms with E-state index in [-0.39, 0.29) is 0 Å². The van der Waals surface area contributed by atoms with Gasteiger partial charge in [0, 0.05) is 23.5 Å². The molecule has 0 aliphatic carbocycles. The van der Waals surface area contributed by atoms with Gasteiger partial charge >= 0.3 is 0 Å². The van der Waals surface area contributed by atoms with Gasteiger partial charge in [-0.1, -0.05) is 23.4 Å². The van der Waals surface area contributed by atoms with Crippen molar-refractivity contribution in [2.45, 2.75) is 9.92 Å². The van der Waals surface area contributed by atoms with Gasteiger partial charge in [-0.2, -0.15) is 0 Å². The standard InChI is InChI=1S/C9H7ClN4S/c10-8-6(1-2-14-9(8)11)15-7-5-12-3-4-13-7/h1-5H,(H2,11,14). The third-order valence-electron chi connectivity index (χ3n) is 1.63. The third-order valence-corrected chi connectivity index (χ3v) is 3.12. The number of nitrogen functional groups attached to an aromatic ring is 1. The molecule has 2 rings (SSSR count). The summed E-state index contributed by atoms with van der Waals surface area (Å²) in [5.74, 6) is 0.325. The molecule has 0 bridgehead atoms. The Labute approximate surface area is 95.9 Å². The van der Waals surface area contributed by atoms with E-state index >= 15 is 0 Å². The first-order chi connectivity index (χ1) is 7.27. The number of hydrogen-bond donors (Lipinski definition) is 1. The first-order valence-electron chi connectivity index (χ1n) is 4.11. The first kappa shape index (κ1) is 10.2. The summed E-state index contributed by atoms with van der Waals surface area (Å²) in [5, 5.41) is 1.22. The number of nitrogens with zero attached hydrogens (tertiary/aromatic N) is 3. The molecule has 2 heterocycles. The molecule has 2 N–H and O–H groups in total. The Hall–Kier alpha value is -1.33.